The molecule has 0 heterocycles. The second-order valence-corrected chi connectivity index (χ2v) is 6.30. The lowest BCUT2D eigenvalue weighted by Gasteiger charge is -2.44. The van der Waals surface area contributed by atoms with Crippen LogP contribution in [0.5, 0.6) is 0 Å². The lowest BCUT2D eigenvalue weighted by Crippen LogP contribution is -2.55. The van der Waals surface area contributed by atoms with Gasteiger partial charge in [-0.15, -0.1) is 0 Å². The third kappa shape index (κ3) is 3.37. The Balaban J connectivity index is 2.21. The molecule has 2 atom stereocenters. The molecular formula is C17H27NO. The summed E-state index contributed by atoms with van der Waals surface area (Å²) in [5.74, 6) is 1.05. The molecule has 2 rings (SSSR count). The molecule has 1 fully saturated rings. The van der Waals surface area contributed by atoms with Crippen LogP contribution >= 0.6 is 0 Å². The van der Waals surface area contributed by atoms with Crippen molar-refractivity contribution >= 4 is 0 Å². The molecule has 2 nitrogen and oxygen atoms in total. The SMILES string of the molecule is CC(C)CNC1(CO)CCCCC1c1ccccc1. The summed E-state index contributed by atoms with van der Waals surface area (Å²) < 4.78 is 0. The first-order valence-corrected chi connectivity index (χ1v) is 7.59. The Labute approximate surface area is 117 Å². The Morgan fingerprint density at radius 2 is 2.00 bits per heavy atom. The lowest BCUT2D eigenvalue weighted by atomic mass is 9.70. The van der Waals surface area contributed by atoms with Gasteiger partial charge >= 0.3 is 0 Å². The van der Waals surface area contributed by atoms with Gasteiger partial charge in [-0.3, -0.25) is 0 Å². The van der Waals surface area contributed by atoms with Gasteiger partial charge in [0.2, 0.25) is 0 Å². The van der Waals surface area contributed by atoms with Crippen LogP contribution in [0.3, 0.4) is 0 Å². The summed E-state index contributed by atoms with van der Waals surface area (Å²) in [5.41, 5.74) is 1.25. The maximum Gasteiger partial charge on any atom is 0.0619 e. The number of nitrogens with one attached hydrogen (secondary N) is 1. The number of rotatable bonds is 5. The van der Waals surface area contributed by atoms with E-state index in [1.807, 2.05) is 0 Å². The van der Waals surface area contributed by atoms with Crippen LogP contribution in [0.4, 0.5) is 0 Å². The van der Waals surface area contributed by atoms with E-state index in [4.69, 9.17) is 0 Å². The van der Waals surface area contributed by atoms with Crippen molar-refractivity contribution in [2.75, 3.05) is 13.2 Å². The fourth-order valence-electron chi connectivity index (χ4n) is 3.27. The molecule has 1 aromatic rings. The average molecular weight is 261 g/mol. The number of aliphatic hydroxyl groups is 1. The molecule has 19 heavy (non-hydrogen) atoms. The summed E-state index contributed by atoms with van der Waals surface area (Å²) >= 11 is 0. The molecule has 0 amide bonds. The molecule has 0 radical (unpaired) electrons. The van der Waals surface area contributed by atoms with E-state index in [0.29, 0.717) is 11.8 Å². The second-order valence-electron chi connectivity index (χ2n) is 6.30. The van der Waals surface area contributed by atoms with Crippen molar-refractivity contribution in [1.29, 1.82) is 0 Å². The molecule has 2 N–H and O–H groups in total. The zero-order valence-corrected chi connectivity index (χ0v) is 12.2. The minimum atomic E-state index is -0.121. The molecule has 0 spiro atoms. The van der Waals surface area contributed by atoms with Crippen LogP contribution in [0.1, 0.15) is 51.0 Å². The molecular weight excluding hydrogens is 234 g/mol. The molecule has 2 unspecified atom stereocenters. The molecule has 1 aromatic carbocycles. The highest BCUT2D eigenvalue weighted by molar-refractivity contribution is 5.25. The zero-order valence-electron chi connectivity index (χ0n) is 12.2. The quantitative estimate of drug-likeness (QED) is 0.852. The van der Waals surface area contributed by atoms with Crippen LogP contribution in [0.2, 0.25) is 0 Å². The largest absolute Gasteiger partial charge is 0.394 e. The normalized spacial score (nSPS) is 27.7. The topological polar surface area (TPSA) is 32.3 Å². The van der Waals surface area contributed by atoms with E-state index in [1.54, 1.807) is 0 Å². The van der Waals surface area contributed by atoms with E-state index in [0.717, 1.165) is 13.0 Å². The van der Waals surface area contributed by atoms with Gasteiger partial charge in [-0.25, -0.2) is 0 Å². The Kier molecular flexibility index (Phi) is 5.00. The second kappa shape index (κ2) is 6.53. The first-order chi connectivity index (χ1) is 9.18. The summed E-state index contributed by atoms with van der Waals surface area (Å²) in [6.07, 6.45) is 4.74. The third-order valence-corrected chi connectivity index (χ3v) is 4.38. The Morgan fingerprint density at radius 1 is 1.26 bits per heavy atom. The van der Waals surface area contributed by atoms with Crippen LogP contribution < -0.4 is 5.32 Å². The van der Waals surface area contributed by atoms with E-state index in [9.17, 15) is 5.11 Å². The smallest absolute Gasteiger partial charge is 0.0619 e. The maximum atomic E-state index is 10.0. The van der Waals surface area contributed by atoms with E-state index in [2.05, 4.69) is 49.5 Å². The van der Waals surface area contributed by atoms with Gasteiger partial charge in [-0.1, -0.05) is 57.0 Å². The minimum Gasteiger partial charge on any atom is -0.394 e. The van der Waals surface area contributed by atoms with Gasteiger partial charge in [0.1, 0.15) is 0 Å². The van der Waals surface area contributed by atoms with Crippen LogP contribution in [-0.2, 0) is 0 Å². The van der Waals surface area contributed by atoms with Crippen molar-refractivity contribution in [2.24, 2.45) is 5.92 Å². The molecule has 0 bridgehead atoms. The van der Waals surface area contributed by atoms with E-state index >= 15 is 0 Å². The summed E-state index contributed by atoms with van der Waals surface area (Å²) in [7, 11) is 0. The molecule has 0 saturated heterocycles. The summed E-state index contributed by atoms with van der Waals surface area (Å²) in [4.78, 5) is 0. The van der Waals surface area contributed by atoms with Crippen molar-refractivity contribution in [1.82, 2.24) is 5.32 Å². The number of aliphatic hydroxyl groups excluding tert-OH is 1. The van der Waals surface area contributed by atoms with Crippen LogP contribution in [0.25, 0.3) is 0 Å². The van der Waals surface area contributed by atoms with Gasteiger partial charge in [0.15, 0.2) is 0 Å². The maximum absolute atomic E-state index is 10.0. The van der Waals surface area contributed by atoms with Gasteiger partial charge in [0.25, 0.3) is 0 Å². The summed E-state index contributed by atoms with van der Waals surface area (Å²) in [5, 5.41) is 13.7. The molecule has 1 aliphatic carbocycles. The fraction of sp³-hybridized carbons (Fsp3) is 0.647. The van der Waals surface area contributed by atoms with Crippen molar-refractivity contribution in [3.05, 3.63) is 35.9 Å². The monoisotopic (exact) mass is 261 g/mol. The predicted molar refractivity (Wildman–Crippen MR) is 80.3 cm³/mol. The Morgan fingerprint density at radius 3 is 2.63 bits per heavy atom. The molecule has 106 valence electrons. The van der Waals surface area contributed by atoms with Crippen molar-refractivity contribution in [3.8, 4) is 0 Å². The number of benzene rings is 1. The molecule has 1 saturated carbocycles. The van der Waals surface area contributed by atoms with Crippen molar-refractivity contribution < 1.29 is 5.11 Å². The summed E-state index contributed by atoms with van der Waals surface area (Å²) in [6, 6.07) is 10.7. The molecule has 0 aliphatic heterocycles. The standard InChI is InChI=1S/C17H27NO/c1-14(2)12-18-17(13-19)11-7-6-10-16(17)15-8-4-3-5-9-15/h3-5,8-9,14,16,18-19H,6-7,10-13H2,1-2H3. The molecule has 0 aromatic heterocycles. The highest BCUT2D eigenvalue weighted by Gasteiger charge is 2.40. The average Bonchev–Trinajstić information content (AvgIpc) is 2.46. The first kappa shape index (κ1) is 14.5. The van der Waals surface area contributed by atoms with Gasteiger partial charge in [0.05, 0.1) is 6.61 Å². The van der Waals surface area contributed by atoms with E-state index in [-0.39, 0.29) is 12.1 Å². The molecule has 1 aliphatic rings. The van der Waals surface area contributed by atoms with Crippen LogP contribution in [0, 0.1) is 5.92 Å². The predicted octanol–water partition coefficient (Wildman–Crippen LogP) is 3.32. The fourth-order valence-corrected chi connectivity index (χ4v) is 3.27. The number of hydrogen-bond acceptors (Lipinski definition) is 2. The van der Waals surface area contributed by atoms with Gasteiger partial charge in [0, 0.05) is 11.5 Å². The first-order valence-electron chi connectivity index (χ1n) is 7.59. The van der Waals surface area contributed by atoms with Crippen molar-refractivity contribution in [2.45, 2.75) is 51.0 Å². The number of hydrogen-bond donors (Lipinski definition) is 2. The highest BCUT2D eigenvalue weighted by atomic mass is 16.3. The van der Waals surface area contributed by atoms with Gasteiger partial charge < -0.3 is 10.4 Å². The van der Waals surface area contributed by atoms with E-state index in [1.165, 1.54) is 24.8 Å². The third-order valence-electron chi connectivity index (χ3n) is 4.38. The van der Waals surface area contributed by atoms with Crippen molar-refractivity contribution in [3.63, 3.8) is 0 Å². The lowest BCUT2D eigenvalue weighted by molar-refractivity contribution is 0.0965. The highest BCUT2D eigenvalue weighted by Crippen LogP contribution is 2.40. The Bertz CT molecular complexity index is 376. The summed E-state index contributed by atoms with van der Waals surface area (Å²) in [6.45, 7) is 5.65. The van der Waals surface area contributed by atoms with Crippen LogP contribution in [-0.4, -0.2) is 23.8 Å². The zero-order chi connectivity index (χ0) is 13.7. The minimum absolute atomic E-state index is 0.121. The van der Waals surface area contributed by atoms with Gasteiger partial charge in [-0.2, -0.15) is 0 Å². The van der Waals surface area contributed by atoms with Crippen LogP contribution in [0.15, 0.2) is 30.3 Å². The Hall–Kier alpha value is -0.860. The van der Waals surface area contributed by atoms with Gasteiger partial charge in [-0.05, 0) is 30.9 Å². The van der Waals surface area contributed by atoms with E-state index < -0.39 is 0 Å². The molecule has 2 heteroatoms.